The van der Waals surface area contributed by atoms with Crippen molar-refractivity contribution in [2.45, 2.75) is 45.2 Å². The molecule has 0 atom stereocenters. The molecule has 0 saturated carbocycles. The molecule has 162 valence electrons. The molecule has 2 heterocycles. The van der Waals surface area contributed by atoms with Crippen molar-refractivity contribution in [3.05, 3.63) is 70.8 Å². The summed E-state index contributed by atoms with van der Waals surface area (Å²) in [5.74, 6) is 0.115. The lowest BCUT2D eigenvalue weighted by atomic mass is 10.1. The second kappa shape index (κ2) is 9.77. The Morgan fingerprint density at radius 1 is 0.839 bits per heavy atom. The number of hydrogen-bond donors (Lipinski definition) is 1. The minimum Gasteiger partial charge on any atom is -0.348 e. The highest BCUT2D eigenvalue weighted by Gasteiger charge is 2.20. The molecular weight excluding hydrogens is 390 g/mol. The van der Waals surface area contributed by atoms with Crippen LogP contribution in [-0.4, -0.2) is 47.2 Å². The van der Waals surface area contributed by atoms with Gasteiger partial charge in [0.2, 0.25) is 5.91 Å². The van der Waals surface area contributed by atoms with Gasteiger partial charge in [-0.25, -0.2) is 0 Å². The summed E-state index contributed by atoms with van der Waals surface area (Å²) in [6, 6.07) is 14.9. The maximum absolute atomic E-state index is 12.6. The van der Waals surface area contributed by atoms with Crippen LogP contribution in [0.25, 0.3) is 0 Å². The third-order valence-electron chi connectivity index (χ3n) is 6.03. The van der Waals surface area contributed by atoms with Crippen LogP contribution in [0.1, 0.15) is 63.9 Å². The van der Waals surface area contributed by atoms with Crippen molar-refractivity contribution in [1.29, 1.82) is 0 Å². The van der Waals surface area contributed by atoms with Crippen LogP contribution in [0.5, 0.6) is 0 Å². The second-order valence-corrected chi connectivity index (χ2v) is 8.35. The van der Waals surface area contributed by atoms with Crippen LogP contribution >= 0.6 is 0 Å². The fraction of sp³-hybridized carbons (Fsp3) is 0.400. The van der Waals surface area contributed by atoms with E-state index in [0.717, 1.165) is 50.0 Å². The Bertz CT molecular complexity index is 949. The topological polar surface area (TPSA) is 69.7 Å². The molecule has 2 aliphatic rings. The molecule has 31 heavy (non-hydrogen) atoms. The monoisotopic (exact) mass is 419 g/mol. The number of rotatable bonds is 6. The first kappa shape index (κ1) is 21.1. The van der Waals surface area contributed by atoms with E-state index in [2.05, 4.69) is 5.32 Å². The molecule has 0 unspecified atom stereocenters. The molecule has 6 heteroatoms. The van der Waals surface area contributed by atoms with Crippen molar-refractivity contribution < 1.29 is 14.4 Å². The van der Waals surface area contributed by atoms with E-state index in [1.165, 1.54) is 6.42 Å². The average molecular weight is 420 g/mol. The maximum atomic E-state index is 12.6. The Balaban J connectivity index is 1.31. The molecule has 2 aliphatic heterocycles. The van der Waals surface area contributed by atoms with Crippen LogP contribution in [-0.2, 0) is 17.9 Å². The largest absolute Gasteiger partial charge is 0.348 e. The quantitative estimate of drug-likeness (QED) is 0.781. The van der Waals surface area contributed by atoms with Crippen molar-refractivity contribution in [2.75, 3.05) is 19.6 Å². The van der Waals surface area contributed by atoms with Gasteiger partial charge < -0.3 is 15.1 Å². The van der Waals surface area contributed by atoms with Gasteiger partial charge in [-0.1, -0.05) is 24.3 Å². The Labute approximate surface area is 183 Å². The average Bonchev–Trinajstić information content (AvgIpc) is 3.22. The number of piperidine rings is 1. The van der Waals surface area contributed by atoms with Crippen molar-refractivity contribution in [3.8, 4) is 0 Å². The normalized spacial score (nSPS) is 16.5. The Kier molecular flexibility index (Phi) is 6.65. The highest BCUT2D eigenvalue weighted by atomic mass is 16.2. The summed E-state index contributed by atoms with van der Waals surface area (Å²) in [5.41, 5.74) is 3.19. The van der Waals surface area contributed by atoms with E-state index in [9.17, 15) is 14.4 Å². The van der Waals surface area contributed by atoms with E-state index in [-0.39, 0.29) is 17.7 Å². The predicted octanol–water partition coefficient (Wildman–Crippen LogP) is 3.37. The van der Waals surface area contributed by atoms with Crippen LogP contribution in [0.4, 0.5) is 0 Å². The highest BCUT2D eigenvalue weighted by molar-refractivity contribution is 5.95. The summed E-state index contributed by atoms with van der Waals surface area (Å²) >= 11 is 0. The van der Waals surface area contributed by atoms with Gasteiger partial charge in [-0.3, -0.25) is 14.4 Å². The molecule has 0 bridgehead atoms. The summed E-state index contributed by atoms with van der Waals surface area (Å²) in [6.07, 6.45) is 4.86. The summed E-state index contributed by atoms with van der Waals surface area (Å²) in [5, 5.41) is 2.94. The van der Waals surface area contributed by atoms with Crippen molar-refractivity contribution in [3.63, 3.8) is 0 Å². The zero-order chi connectivity index (χ0) is 21.6. The van der Waals surface area contributed by atoms with E-state index in [1.54, 1.807) is 6.07 Å². The van der Waals surface area contributed by atoms with E-state index in [4.69, 9.17) is 0 Å². The number of nitrogens with zero attached hydrogens (tertiary/aromatic N) is 2. The van der Waals surface area contributed by atoms with Gasteiger partial charge in [0.1, 0.15) is 0 Å². The molecule has 6 nitrogen and oxygen atoms in total. The van der Waals surface area contributed by atoms with Gasteiger partial charge in [0, 0.05) is 50.3 Å². The molecule has 2 aromatic rings. The number of carbonyl (C=O) groups is 3. The van der Waals surface area contributed by atoms with Gasteiger partial charge in [0.05, 0.1) is 0 Å². The van der Waals surface area contributed by atoms with E-state index in [1.807, 2.05) is 52.3 Å². The lowest BCUT2D eigenvalue weighted by molar-refractivity contribution is -0.128. The van der Waals surface area contributed by atoms with E-state index < -0.39 is 0 Å². The summed E-state index contributed by atoms with van der Waals surface area (Å²) in [4.78, 5) is 40.8. The smallest absolute Gasteiger partial charge is 0.253 e. The fourth-order valence-electron chi connectivity index (χ4n) is 4.23. The van der Waals surface area contributed by atoms with Gasteiger partial charge in [0.25, 0.3) is 11.8 Å². The molecule has 2 aromatic carbocycles. The van der Waals surface area contributed by atoms with Crippen LogP contribution in [0.3, 0.4) is 0 Å². The Morgan fingerprint density at radius 2 is 1.61 bits per heavy atom. The number of hydrogen-bond acceptors (Lipinski definition) is 3. The van der Waals surface area contributed by atoms with Gasteiger partial charge in [0.15, 0.2) is 0 Å². The lowest BCUT2D eigenvalue weighted by Crippen LogP contribution is -2.35. The van der Waals surface area contributed by atoms with Crippen LogP contribution in [0, 0.1) is 0 Å². The minimum absolute atomic E-state index is 0.0867. The van der Waals surface area contributed by atoms with Crippen LogP contribution < -0.4 is 5.32 Å². The molecule has 0 aliphatic carbocycles. The van der Waals surface area contributed by atoms with E-state index in [0.29, 0.717) is 30.6 Å². The third kappa shape index (κ3) is 5.32. The molecule has 4 rings (SSSR count). The molecule has 0 aromatic heterocycles. The van der Waals surface area contributed by atoms with E-state index >= 15 is 0 Å². The molecular formula is C25H29N3O3. The van der Waals surface area contributed by atoms with Gasteiger partial charge in [-0.2, -0.15) is 0 Å². The molecule has 1 N–H and O–H groups in total. The van der Waals surface area contributed by atoms with Gasteiger partial charge in [-0.05, 0) is 61.1 Å². The Hall–Kier alpha value is -3.15. The minimum atomic E-state index is -0.150. The summed E-state index contributed by atoms with van der Waals surface area (Å²) < 4.78 is 0. The zero-order valence-corrected chi connectivity index (χ0v) is 17.8. The van der Waals surface area contributed by atoms with Crippen molar-refractivity contribution in [2.24, 2.45) is 0 Å². The zero-order valence-electron chi connectivity index (χ0n) is 17.8. The highest BCUT2D eigenvalue weighted by Crippen LogP contribution is 2.16. The Morgan fingerprint density at radius 3 is 2.32 bits per heavy atom. The molecule has 2 fully saturated rings. The second-order valence-electron chi connectivity index (χ2n) is 8.35. The molecule has 0 radical (unpaired) electrons. The lowest BCUT2D eigenvalue weighted by Gasteiger charge is -2.26. The third-order valence-corrected chi connectivity index (χ3v) is 6.03. The van der Waals surface area contributed by atoms with Gasteiger partial charge >= 0.3 is 0 Å². The first-order chi connectivity index (χ1) is 15.1. The molecule has 0 spiro atoms. The molecule has 2 saturated heterocycles. The fourth-order valence-corrected chi connectivity index (χ4v) is 4.23. The number of benzene rings is 2. The first-order valence-corrected chi connectivity index (χ1v) is 11.1. The predicted molar refractivity (Wildman–Crippen MR) is 118 cm³/mol. The standard InChI is InChI=1S/C25H29N3O3/c29-23-8-5-15-28(23)18-20-6-4-7-22(16-20)24(30)26-17-19-9-11-21(12-10-19)25(31)27-13-2-1-3-14-27/h4,6-7,9-12,16H,1-3,5,8,13-15,17-18H2,(H,26,30). The van der Waals surface area contributed by atoms with Crippen molar-refractivity contribution in [1.82, 2.24) is 15.1 Å². The maximum Gasteiger partial charge on any atom is 0.253 e. The number of nitrogens with one attached hydrogen (secondary N) is 1. The number of amides is 3. The van der Waals surface area contributed by atoms with Crippen molar-refractivity contribution >= 4 is 17.7 Å². The van der Waals surface area contributed by atoms with Crippen LogP contribution in [0.15, 0.2) is 48.5 Å². The molecule has 3 amide bonds. The first-order valence-electron chi connectivity index (χ1n) is 11.1. The number of likely N-dealkylation sites (tertiary alicyclic amines) is 2. The number of carbonyl (C=O) groups excluding carboxylic acids is 3. The summed E-state index contributed by atoms with van der Waals surface area (Å²) in [7, 11) is 0. The SMILES string of the molecule is O=C(NCc1ccc(C(=O)N2CCCCC2)cc1)c1cccc(CN2CCCC2=O)c1. The van der Waals surface area contributed by atoms with Gasteiger partial charge in [-0.15, -0.1) is 0 Å². The van der Waals surface area contributed by atoms with Crippen LogP contribution in [0.2, 0.25) is 0 Å². The summed E-state index contributed by atoms with van der Waals surface area (Å²) in [6.45, 7) is 3.40.